The molecule has 4 heteroatoms. The molecule has 0 spiro atoms. The lowest BCUT2D eigenvalue weighted by atomic mass is 9.94. The van der Waals surface area contributed by atoms with Crippen LogP contribution in [0, 0.1) is 19.8 Å². The average Bonchev–Trinajstić information content (AvgIpc) is 2.42. The van der Waals surface area contributed by atoms with Crippen molar-refractivity contribution in [3.63, 3.8) is 0 Å². The Morgan fingerprint density at radius 3 is 2.53 bits per heavy atom. The maximum Gasteiger partial charge on any atom is 0.0900 e. The molecule has 0 radical (unpaired) electrons. The van der Waals surface area contributed by atoms with Gasteiger partial charge >= 0.3 is 0 Å². The second-order valence-electron chi connectivity index (χ2n) is 5.44. The van der Waals surface area contributed by atoms with Gasteiger partial charge in [-0.3, -0.25) is 0 Å². The number of nitrogens with one attached hydrogen (secondary N) is 1. The Hall–Kier alpha value is -0.450. The minimum absolute atomic E-state index is 0.513. The fourth-order valence-corrected chi connectivity index (χ4v) is 3.04. The minimum Gasteiger partial charge on any atom is -0.389 e. The number of hydrogen-bond acceptors (Lipinski definition) is 4. The third-order valence-corrected chi connectivity index (χ3v) is 3.71. The van der Waals surface area contributed by atoms with Crippen LogP contribution in [-0.4, -0.2) is 22.2 Å². The topological polar surface area (TPSA) is 45.2 Å². The van der Waals surface area contributed by atoms with E-state index in [-0.39, 0.29) is 0 Å². The normalized spacial score (nSPS) is 15.2. The van der Waals surface area contributed by atoms with Gasteiger partial charge in [-0.15, -0.1) is 11.3 Å². The SMILES string of the molecule is Cc1nc(C)c(CNCC(C)(O)CC(C)C)s1. The molecule has 0 saturated heterocycles. The molecule has 0 aliphatic carbocycles. The van der Waals surface area contributed by atoms with Crippen molar-refractivity contribution in [1.82, 2.24) is 10.3 Å². The zero-order valence-corrected chi connectivity index (χ0v) is 12.3. The molecule has 3 nitrogen and oxygen atoms in total. The number of aliphatic hydroxyl groups is 1. The van der Waals surface area contributed by atoms with E-state index in [1.165, 1.54) is 4.88 Å². The highest BCUT2D eigenvalue weighted by Gasteiger charge is 2.21. The van der Waals surface area contributed by atoms with Crippen LogP contribution in [0.15, 0.2) is 0 Å². The van der Waals surface area contributed by atoms with Gasteiger partial charge in [-0.2, -0.15) is 0 Å². The fraction of sp³-hybridized carbons (Fsp3) is 0.769. The Kier molecular flexibility index (Phi) is 5.10. The summed E-state index contributed by atoms with van der Waals surface area (Å²) in [6.07, 6.45) is 0.820. The molecule has 1 heterocycles. The third kappa shape index (κ3) is 5.15. The second-order valence-corrected chi connectivity index (χ2v) is 6.73. The van der Waals surface area contributed by atoms with E-state index in [9.17, 15) is 5.11 Å². The molecule has 0 amide bonds. The van der Waals surface area contributed by atoms with Crippen molar-refractivity contribution in [3.05, 3.63) is 15.6 Å². The summed E-state index contributed by atoms with van der Waals surface area (Å²) in [7, 11) is 0. The molecule has 17 heavy (non-hydrogen) atoms. The van der Waals surface area contributed by atoms with Gasteiger partial charge in [0, 0.05) is 18.0 Å². The van der Waals surface area contributed by atoms with Crippen LogP contribution in [0.3, 0.4) is 0 Å². The first-order chi connectivity index (χ1) is 7.80. The summed E-state index contributed by atoms with van der Waals surface area (Å²) in [5.74, 6) is 0.513. The minimum atomic E-state index is -0.623. The molecular weight excluding hydrogens is 232 g/mol. The lowest BCUT2D eigenvalue weighted by Gasteiger charge is -2.25. The van der Waals surface area contributed by atoms with Crippen LogP contribution in [-0.2, 0) is 6.54 Å². The summed E-state index contributed by atoms with van der Waals surface area (Å²) in [5, 5.41) is 14.6. The van der Waals surface area contributed by atoms with Crippen molar-refractivity contribution in [2.45, 2.75) is 53.2 Å². The van der Waals surface area contributed by atoms with Gasteiger partial charge in [0.05, 0.1) is 16.3 Å². The van der Waals surface area contributed by atoms with E-state index in [1.807, 2.05) is 20.8 Å². The molecule has 0 fully saturated rings. The predicted molar refractivity (Wildman–Crippen MR) is 73.4 cm³/mol. The van der Waals surface area contributed by atoms with Crippen LogP contribution < -0.4 is 5.32 Å². The van der Waals surface area contributed by atoms with Crippen LogP contribution in [0.25, 0.3) is 0 Å². The monoisotopic (exact) mass is 256 g/mol. The Morgan fingerprint density at radius 1 is 1.41 bits per heavy atom. The first kappa shape index (κ1) is 14.6. The van der Waals surface area contributed by atoms with Gasteiger partial charge in [-0.05, 0) is 33.1 Å². The largest absolute Gasteiger partial charge is 0.389 e. The molecule has 0 aliphatic rings. The number of aromatic nitrogens is 1. The maximum absolute atomic E-state index is 10.2. The third-order valence-electron chi connectivity index (χ3n) is 2.64. The van der Waals surface area contributed by atoms with Gasteiger partial charge in [0.1, 0.15) is 0 Å². The van der Waals surface area contributed by atoms with Crippen molar-refractivity contribution in [1.29, 1.82) is 0 Å². The number of hydrogen-bond donors (Lipinski definition) is 2. The standard InChI is InChI=1S/C13H24N2OS/c1-9(2)6-13(5,16)8-14-7-12-10(3)15-11(4)17-12/h9,14,16H,6-8H2,1-5H3. The van der Waals surface area contributed by atoms with E-state index in [2.05, 4.69) is 24.1 Å². The van der Waals surface area contributed by atoms with Gasteiger partial charge in [-0.1, -0.05) is 13.8 Å². The zero-order valence-electron chi connectivity index (χ0n) is 11.5. The van der Waals surface area contributed by atoms with Crippen LogP contribution in [0.2, 0.25) is 0 Å². The number of rotatable bonds is 6. The summed E-state index contributed by atoms with van der Waals surface area (Å²) in [4.78, 5) is 5.66. The fourth-order valence-electron chi connectivity index (χ4n) is 2.13. The molecule has 1 rings (SSSR count). The molecule has 0 aromatic carbocycles. The zero-order chi connectivity index (χ0) is 13.1. The molecule has 1 aromatic heterocycles. The Bertz CT molecular complexity index is 358. The highest BCUT2D eigenvalue weighted by Crippen LogP contribution is 2.18. The summed E-state index contributed by atoms with van der Waals surface area (Å²) >= 11 is 1.72. The van der Waals surface area contributed by atoms with E-state index in [1.54, 1.807) is 11.3 Å². The smallest absolute Gasteiger partial charge is 0.0900 e. The summed E-state index contributed by atoms with van der Waals surface area (Å²) in [6.45, 7) is 11.6. The quantitative estimate of drug-likeness (QED) is 0.822. The predicted octanol–water partition coefficient (Wildman–Crippen LogP) is 2.65. The summed E-state index contributed by atoms with van der Waals surface area (Å²) < 4.78 is 0. The molecule has 0 bridgehead atoms. The van der Waals surface area contributed by atoms with Crippen molar-refractivity contribution in [2.75, 3.05) is 6.54 Å². The van der Waals surface area contributed by atoms with E-state index < -0.39 is 5.60 Å². The molecule has 2 N–H and O–H groups in total. The highest BCUT2D eigenvalue weighted by molar-refractivity contribution is 7.11. The number of nitrogens with zero attached hydrogens (tertiary/aromatic N) is 1. The van der Waals surface area contributed by atoms with Gasteiger partial charge in [0.2, 0.25) is 0 Å². The van der Waals surface area contributed by atoms with Gasteiger partial charge in [-0.25, -0.2) is 4.98 Å². The van der Waals surface area contributed by atoms with Crippen molar-refractivity contribution in [3.8, 4) is 0 Å². The molecule has 0 aliphatic heterocycles. The van der Waals surface area contributed by atoms with Crippen LogP contribution in [0.4, 0.5) is 0 Å². The maximum atomic E-state index is 10.2. The Labute approximate surface area is 108 Å². The van der Waals surface area contributed by atoms with E-state index in [0.717, 1.165) is 23.7 Å². The molecule has 1 unspecified atom stereocenters. The number of thiazole rings is 1. The van der Waals surface area contributed by atoms with Crippen molar-refractivity contribution in [2.24, 2.45) is 5.92 Å². The van der Waals surface area contributed by atoms with E-state index in [0.29, 0.717) is 12.5 Å². The number of aryl methyl sites for hydroxylation is 2. The van der Waals surface area contributed by atoms with Gasteiger partial charge in [0.15, 0.2) is 0 Å². The first-order valence-corrected chi connectivity index (χ1v) is 6.98. The molecule has 1 aromatic rings. The lowest BCUT2D eigenvalue weighted by molar-refractivity contribution is 0.0384. The van der Waals surface area contributed by atoms with Gasteiger partial charge in [0.25, 0.3) is 0 Å². The first-order valence-electron chi connectivity index (χ1n) is 6.16. The highest BCUT2D eigenvalue weighted by atomic mass is 32.1. The summed E-state index contributed by atoms with van der Waals surface area (Å²) in [6, 6.07) is 0. The van der Waals surface area contributed by atoms with Crippen LogP contribution in [0.5, 0.6) is 0 Å². The molecule has 98 valence electrons. The van der Waals surface area contributed by atoms with Crippen LogP contribution >= 0.6 is 11.3 Å². The summed E-state index contributed by atoms with van der Waals surface area (Å²) in [5.41, 5.74) is 0.477. The van der Waals surface area contributed by atoms with Crippen molar-refractivity contribution >= 4 is 11.3 Å². The molecular formula is C13H24N2OS. The Morgan fingerprint density at radius 2 is 2.06 bits per heavy atom. The lowest BCUT2D eigenvalue weighted by Crippen LogP contribution is -2.38. The average molecular weight is 256 g/mol. The molecule has 0 saturated carbocycles. The Balaban J connectivity index is 2.39. The van der Waals surface area contributed by atoms with Crippen LogP contribution in [0.1, 0.15) is 42.8 Å². The van der Waals surface area contributed by atoms with E-state index >= 15 is 0 Å². The van der Waals surface area contributed by atoms with Crippen molar-refractivity contribution < 1.29 is 5.11 Å². The second kappa shape index (κ2) is 5.94. The van der Waals surface area contributed by atoms with E-state index in [4.69, 9.17) is 0 Å². The van der Waals surface area contributed by atoms with Gasteiger partial charge < -0.3 is 10.4 Å². The molecule has 1 atom stereocenters.